The second-order valence-corrected chi connectivity index (χ2v) is 7.57. The van der Waals surface area contributed by atoms with Crippen molar-refractivity contribution in [3.63, 3.8) is 0 Å². The minimum absolute atomic E-state index is 0.258. The molecule has 0 spiro atoms. The lowest BCUT2D eigenvalue weighted by molar-refractivity contribution is 0.278. The van der Waals surface area contributed by atoms with Gasteiger partial charge in [-0.1, -0.05) is 13.0 Å². The molecule has 0 radical (unpaired) electrons. The number of rotatable bonds is 5. The summed E-state index contributed by atoms with van der Waals surface area (Å²) < 4.78 is 29.0. The number of nitrogens with zero attached hydrogens (tertiary/aromatic N) is 3. The van der Waals surface area contributed by atoms with Gasteiger partial charge in [-0.2, -0.15) is 17.4 Å². The zero-order valence-electron chi connectivity index (χ0n) is 12.9. The van der Waals surface area contributed by atoms with Crippen molar-refractivity contribution in [1.82, 2.24) is 14.0 Å². The summed E-state index contributed by atoms with van der Waals surface area (Å²) in [5.74, 6) is 1.21. The fraction of sp³-hybridized carbons (Fsp3) is 0.643. The zero-order valence-corrected chi connectivity index (χ0v) is 13.7. The maximum Gasteiger partial charge on any atom is 0.279 e. The largest absolute Gasteiger partial charge is 0.362 e. The van der Waals surface area contributed by atoms with Gasteiger partial charge in [0.25, 0.3) is 10.2 Å². The Morgan fingerprint density at radius 2 is 2.24 bits per heavy atom. The second kappa shape index (κ2) is 6.72. The Bertz CT molecular complexity index is 574. The molecule has 2 heterocycles. The van der Waals surface area contributed by atoms with E-state index in [1.54, 1.807) is 10.5 Å². The predicted octanol–water partition coefficient (Wildman–Crippen LogP) is 1.21. The normalized spacial score (nSPS) is 20.4. The molecular formula is C14H24N4O2S. The molecule has 2 rings (SSSR count). The van der Waals surface area contributed by atoms with E-state index in [1.165, 1.54) is 0 Å². The molecule has 118 valence electrons. The molecule has 1 saturated heterocycles. The number of pyridine rings is 1. The highest BCUT2D eigenvalue weighted by molar-refractivity contribution is 7.87. The monoisotopic (exact) mass is 312 g/mol. The van der Waals surface area contributed by atoms with E-state index in [4.69, 9.17) is 0 Å². The standard InChI is InChI=1S/C14H24N4O2S/c1-12-6-5-9-18(11-12)21(19,20)16-10-13-7-4-8-15-14(13)17(2)3/h4,7-8,12,16H,5-6,9-11H2,1-3H3/t12-/m0/s1. The highest BCUT2D eigenvalue weighted by Gasteiger charge is 2.26. The highest BCUT2D eigenvalue weighted by atomic mass is 32.2. The highest BCUT2D eigenvalue weighted by Crippen LogP contribution is 2.19. The average Bonchev–Trinajstić information content (AvgIpc) is 2.45. The fourth-order valence-corrected chi connectivity index (χ4v) is 3.94. The van der Waals surface area contributed by atoms with Crippen LogP contribution in [0.5, 0.6) is 0 Å². The first-order chi connectivity index (χ1) is 9.90. The van der Waals surface area contributed by atoms with Gasteiger partial charge in [-0.25, -0.2) is 4.98 Å². The Morgan fingerprint density at radius 1 is 1.48 bits per heavy atom. The van der Waals surface area contributed by atoms with Crippen molar-refractivity contribution < 1.29 is 8.42 Å². The number of hydrogen-bond donors (Lipinski definition) is 1. The van der Waals surface area contributed by atoms with Crippen LogP contribution in [0.4, 0.5) is 5.82 Å². The van der Waals surface area contributed by atoms with Crippen molar-refractivity contribution in [2.45, 2.75) is 26.3 Å². The second-order valence-electron chi connectivity index (χ2n) is 5.81. The molecule has 0 aliphatic carbocycles. The van der Waals surface area contributed by atoms with Crippen molar-refractivity contribution in [1.29, 1.82) is 0 Å². The molecule has 0 saturated carbocycles. The Balaban J connectivity index is 2.05. The van der Waals surface area contributed by atoms with E-state index in [2.05, 4.69) is 16.6 Å². The van der Waals surface area contributed by atoms with E-state index in [0.717, 1.165) is 24.2 Å². The minimum atomic E-state index is -3.42. The van der Waals surface area contributed by atoms with E-state index >= 15 is 0 Å². The summed E-state index contributed by atoms with van der Waals surface area (Å²) in [6.45, 7) is 3.55. The van der Waals surface area contributed by atoms with Gasteiger partial charge in [-0.3, -0.25) is 0 Å². The van der Waals surface area contributed by atoms with Crippen LogP contribution in [-0.2, 0) is 16.8 Å². The van der Waals surface area contributed by atoms with Crippen LogP contribution < -0.4 is 9.62 Å². The summed E-state index contributed by atoms with van der Waals surface area (Å²) in [7, 11) is 0.371. The Labute approximate surface area is 127 Å². The van der Waals surface area contributed by atoms with E-state index in [9.17, 15) is 8.42 Å². The molecular weight excluding hydrogens is 288 g/mol. The Hall–Kier alpha value is -1.18. The molecule has 1 fully saturated rings. The molecule has 1 atom stereocenters. The summed E-state index contributed by atoms with van der Waals surface area (Å²) in [5, 5.41) is 0. The maximum absolute atomic E-state index is 12.4. The van der Waals surface area contributed by atoms with Crippen LogP contribution in [0.1, 0.15) is 25.3 Å². The summed E-state index contributed by atoms with van der Waals surface area (Å²) in [6.07, 6.45) is 3.73. The minimum Gasteiger partial charge on any atom is -0.362 e. The number of hydrogen-bond acceptors (Lipinski definition) is 4. The number of anilines is 1. The lowest BCUT2D eigenvalue weighted by Crippen LogP contribution is -2.45. The molecule has 21 heavy (non-hydrogen) atoms. The van der Waals surface area contributed by atoms with Gasteiger partial charge in [0, 0.05) is 45.5 Å². The van der Waals surface area contributed by atoms with Gasteiger partial charge >= 0.3 is 0 Å². The van der Waals surface area contributed by atoms with E-state index < -0.39 is 10.2 Å². The van der Waals surface area contributed by atoms with Crippen LogP contribution in [0.25, 0.3) is 0 Å². The number of piperidine rings is 1. The zero-order chi connectivity index (χ0) is 15.5. The van der Waals surface area contributed by atoms with Gasteiger partial charge < -0.3 is 4.90 Å². The first-order valence-electron chi connectivity index (χ1n) is 7.26. The smallest absolute Gasteiger partial charge is 0.279 e. The molecule has 7 heteroatoms. The average molecular weight is 312 g/mol. The van der Waals surface area contributed by atoms with Crippen molar-refractivity contribution in [3.05, 3.63) is 23.9 Å². The van der Waals surface area contributed by atoms with E-state index in [1.807, 2.05) is 31.1 Å². The molecule has 1 aromatic rings. The van der Waals surface area contributed by atoms with Gasteiger partial charge in [-0.05, 0) is 24.8 Å². The van der Waals surface area contributed by atoms with Crippen LogP contribution in [0.2, 0.25) is 0 Å². The van der Waals surface area contributed by atoms with E-state index in [-0.39, 0.29) is 6.54 Å². The van der Waals surface area contributed by atoms with Crippen LogP contribution in [0.3, 0.4) is 0 Å². The molecule has 6 nitrogen and oxygen atoms in total. The topological polar surface area (TPSA) is 65.5 Å². The SMILES string of the molecule is C[C@H]1CCCN(S(=O)(=O)NCc2cccnc2N(C)C)C1. The van der Waals surface area contributed by atoms with Gasteiger partial charge in [0.05, 0.1) is 0 Å². The quantitative estimate of drug-likeness (QED) is 0.887. The lowest BCUT2D eigenvalue weighted by atomic mass is 10.0. The van der Waals surface area contributed by atoms with Crippen LogP contribution in [0, 0.1) is 5.92 Å². The van der Waals surface area contributed by atoms with Crippen molar-refractivity contribution in [3.8, 4) is 0 Å². The molecule has 0 bridgehead atoms. The van der Waals surface area contributed by atoms with Crippen molar-refractivity contribution in [2.75, 3.05) is 32.1 Å². The first kappa shape index (κ1) is 16.2. The van der Waals surface area contributed by atoms with Gasteiger partial charge in [0.2, 0.25) is 0 Å². The number of nitrogens with one attached hydrogen (secondary N) is 1. The number of aromatic nitrogens is 1. The van der Waals surface area contributed by atoms with Gasteiger partial charge in [0.1, 0.15) is 5.82 Å². The summed E-state index contributed by atoms with van der Waals surface area (Å²) in [5.41, 5.74) is 0.871. The van der Waals surface area contributed by atoms with Crippen LogP contribution in [0.15, 0.2) is 18.3 Å². The first-order valence-corrected chi connectivity index (χ1v) is 8.70. The van der Waals surface area contributed by atoms with Crippen LogP contribution in [-0.4, -0.2) is 44.9 Å². The van der Waals surface area contributed by atoms with Gasteiger partial charge in [0.15, 0.2) is 0 Å². The Kier molecular flexibility index (Phi) is 5.18. The summed E-state index contributed by atoms with van der Waals surface area (Å²) >= 11 is 0. The van der Waals surface area contributed by atoms with Crippen LogP contribution >= 0.6 is 0 Å². The molecule has 0 unspecified atom stereocenters. The molecule has 0 amide bonds. The molecule has 0 aromatic carbocycles. The third-order valence-corrected chi connectivity index (χ3v) is 5.22. The molecule has 1 aromatic heterocycles. The molecule has 1 aliphatic heterocycles. The molecule has 1 N–H and O–H groups in total. The van der Waals surface area contributed by atoms with Gasteiger partial charge in [-0.15, -0.1) is 0 Å². The summed E-state index contributed by atoms with van der Waals surface area (Å²) in [4.78, 5) is 6.16. The predicted molar refractivity (Wildman–Crippen MR) is 84.3 cm³/mol. The fourth-order valence-electron chi connectivity index (χ4n) is 2.60. The molecule has 1 aliphatic rings. The third-order valence-electron chi connectivity index (χ3n) is 3.70. The van der Waals surface area contributed by atoms with Crippen molar-refractivity contribution in [2.24, 2.45) is 5.92 Å². The maximum atomic E-state index is 12.4. The third kappa shape index (κ3) is 4.15. The summed E-state index contributed by atoms with van der Waals surface area (Å²) in [6, 6.07) is 3.71. The Morgan fingerprint density at radius 3 is 2.90 bits per heavy atom. The lowest BCUT2D eigenvalue weighted by Gasteiger charge is -2.30. The van der Waals surface area contributed by atoms with E-state index in [0.29, 0.717) is 19.0 Å². The van der Waals surface area contributed by atoms with Crippen molar-refractivity contribution >= 4 is 16.0 Å².